The van der Waals surface area contributed by atoms with Crippen molar-refractivity contribution in [1.29, 1.82) is 0 Å². The number of nitrogens with zero attached hydrogens (tertiary/aromatic N) is 1. The molecule has 0 radical (unpaired) electrons. The Morgan fingerprint density at radius 1 is 1.15 bits per heavy atom. The van der Waals surface area contributed by atoms with E-state index in [9.17, 15) is 0 Å². The van der Waals surface area contributed by atoms with Crippen LogP contribution in [0.4, 0.5) is 0 Å². The van der Waals surface area contributed by atoms with Gasteiger partial charge in [0.15, 0.2) is 0 Å². The Balaban J connectivity index is 2.56. The quantitative estimate of drug-likeness (QED) is 0.636. The highest BCUT2D eigenvalue weighted by Crippen LogP contribution is 2.31. The Kier molecular flexibility index (Phi) is 3.78. The summed E-state index contributed by atoms with van der Waals surface area (Å²) in [5.74, 6) is 2.72. The first-order chi connectivity index (χ1) is 6.06. The van der Waals surface area contributed by atoms with Crippen LogP contribution in [0.1, 0.15) is 41.0 Å². The van der Waals surface area contributed by atoms with Crippen molar-refractivity contribution < 1.29 is 0 Å². The maximum atomic E-state index is 2.63. The zero-order chi connectivity index (χ0) is 10.0. The standard InChI is InChI=1S/C12H25N/c1-6-12-10(4)7-13(9(2)3)8-11(12)5/h9-12H,6-8H2,1-5H3/t10-,11-/m1/s1. The van der Waals surface area contributed by atoms with Gasteiger partial charge in [0, 0.05) is 19.1 Å². The summed E-state index contributed by atoms with van der Waals surface area (Å²) in [7, 11) is 0. The summed E-state index contributed by atoms with van der Waals surface area (Å²) in [5, 5.41) is 0. The Bertz CT molecular complexity index is 141. The van der Waals surface area contributed by atoms with Crippen LogP contribution in [0.5, 0.6) is 0 Å². The van der Waals surface area contributed by atoms with Crippen LogP contribution >= 0.6 is 0 Å². The van der Waals surface area contributed by atoms with Crippen molar-refractivity contribution in [2.75, 3.05) is 13.1 Å². The molecule has 1 fully saturated rings. The Labute approximate surface area is 83.5 Å². The van der Waals surface area contributed by atoms with Crippen molar-refractivity contribution in [1.82, 2.24) is 4.90 Å². The highest BCUT2D eigenvalue weighted by atomic mass is 15.2. The van der Waals surface area contributed by atoms with E-state index in [1.54, 1.807) is 0 Å². The first-order valence-electron chi connectivity index (χ1n) is 5.80. The van der Waals surface area contributed by atoms with Gasteiger partial charge in [0.25, 0.3) is 0 Å². The molecule has 0 spiro atoms. The minimum atomic E-state index is 0.725. The van der Waals surface area contributed by atoms with Crippen LogP contribution in [0.3, 0.4) is 0 Å². The molecule has 1 saturated heterocycles. The topological polar surface area (TPSA) is 3.24 Å². The highest BCUT2D eigenvalue weighted by Gasteiger charge is 2.31. The molecule has 0 bridgehead atoms. The number of hydrogen-bond donors (Lipinski definition) is 0. The number of rotatable bonds is 2. The van der Waals surface area contributed by atoms with Gasteiger partial charge in [0.2, 0.25) is 0 Å². The van der Waals surface area contributed by atoms with Crippen molar-refractivity contribution in [2.45, 2.75) is 47.1 Å². The van der Waals surface area contributed by atoms with Gasteiger partial charge in [-0.25, -0.2) is 0 Å². The smallest absolute Gasteiger partial charge is 0.00388 e. The average Bonchev–Trinajstić information content (AvgIpc) is 2.03. The van der Waals surface area contributed by atoms with Gasteiger partial charge in [-0.05, 0) is 31.6 Å². The summed E-state index contributed by atoms with van der Waals surface area (Å²) in [6.07, 6.45) is 1.36. The Morgan fingerprint density at radius 3 is 1.92 bits per heavy atom. The third-order valence-corrected chi connectivity index (χ3v) is 3.71. The third kappa shape index (κ3) is 2.46. The molecule has 2 atom stereocenters. The fourth-order valence-corrected chi connectivity index (χ4v) is 2.87. The SMILES string of the molecule is CCC1[C@H](C)CN(C(C)C)C[C@H]1C. The molecule has 0 N–H and O–H groups in total. The predicted octanol–water partition coefficient (Wildman–Crippen LogP) is 3.01. The molecule has 0 amide bonds. The molecule has 1 heteroatoms. The third-order valence-electron chi connectivity index (χ3n) is 3.71. The molecule has 78 valence electrons. The van der Waals surface area contributed by atoms with Crippen molar-refractivity contribution in [3.8, 4) is 0 Å². The molecule has 0 unspecified atom stereocenters. The molecule has 13 heavy (non-hydrogen) atoms. The zero-order valence-electron chi connectivity index (χ0n) is 9.88. The highest BCUT2D eigenvalue weighted by molar-refractivity contribution is 4.83. The van der Waals surface area contributed by atoms with Crippen molar-refractivity contribution in [2.24, 2.45) is 17.8 Å². The second kappa shape index (κ2) is 4.45. The van der Waals surface area contributed by atoms with Crippen LogP contribution in [0.25, 0.3) is 0 Å². The van der Waals surface area contributed by atoms with E-state index in [0.29, 0.717) is 0 Å². The lowest BCUT2D eigenvalue weighted by atomic mass is 9.77. The Morgan fingerprint density at radius 2 is 1.62 bits per heavy atom. The molecule has 1 aliphatic rings. The summed E-state index contributed by atoms with van der Waals surface area (Å²) in [4.78, 5) is 2.63. The minimum Gasteiger partial charge on any atom is -0.300 e. The Hall–Kier alpha value is -0.0400. The van der Waals surface area contributed by atoms with E-state index >= 15 is 0 Å². The summed E-state index contributed by atoms with van der Waals surface area (Å²) in [6.45, 7) is 14.4. The van der Waals surface area contributed by atoms with Crippen LogP contribution < -0.4 is 0 Å². The average molecular weight is 183 g/mol. The molecule has 0 saturated carbocycles. The minimum absolute atomic E-state index is 0.725. The van der Waals surface area contributed by atoms with Gasteiger partial charge in [0.1, 0.15) is 0 Å². The number of hydrogen-bond acceptors (Lipinski definition) is 1. The lowest BCUT2D eigenvalue weighted by Crippen LogP contribution is -2.47. The van der Waals surface area contributed by atoms with Gasteiger partial charge in [-0.1, -0.05) is 27.2 Å². The second-order valence-electron chi connectivity index (χ2n) is 5.07. The summed E-state index contributed by atoms with van der Waals surface area (Å²) >= 11 is 0. The molecular weight excluding hydrogens is 158 g/mol. The summed E-state index contributed by atoms with van der Waals surface area (Å²) in [5.41, 5.74) is 0. The van der Waals surface area contributed by atoms with Crippen LogP contribution in [-0.4, -0.2) is 24.0 Å². The van der Waals surface area contributed by atoms with Gasteiger partial charge < -0.3 is 4.90 Å². The summed E-state index contributed by atoms with van der Waals surface area (Å²) in [6, 6.07) is 0.725. The van der Waals surface area contributed by atoms with E-state index in [1.165, 1.54) is 19.5 Å². The van der Waals surface area contributed by atoms with E-state index in [1.807, 2.05) is 0 Å². The lowest BCUT2D eigenvalue weighted by Gasteiger charge is -2.43. The fraction of sp³-hybridized carbons (Fsp3) is 1.00. The van der Waals surface area contributed by atoms with Crippen LogP contribution in [0, 0.1) is 17.8 Å². The summed E-state index contributed by atoms with van der Waals surface area (Å²) < 4.78 is 0. The molecule has 0 aromatic heterocycles. The molecule has 1 nitrogen and oxygen atoms in total. The maximum Gasteiger partial charge on any atom is 0.00388 e. The molecule has 0 aromatic rings. The molecule has 1 heterocycles. The van der Waals surface area contributed by atoms with E-state index in [0.717, 1.165) is 23.8 Å². The lowest BCUT2D eigenvalue weighted by molar-refractivity contribution is 0.0551. The molecular formula is C12H25N. The largest absolute Gasteiger partial charge is 0.300 e. The van der Waals surface area contributed by atoms with Gasteiger partial charge >= 0.3 is 0 Å². The zero-order valence-corrected chi connectivity index (χ0v) is 9.88. The van der Waals surface area contributed by atoms with E-state index in [4.69, 9.17) is 0 Å². The predicted molar refractivity (Wildman–Crippen MR) is 58.8 cm³/mol. The van der Waals surface area contributed by atoms with Crippen LogP contribution in [0.2, 0.25) is 0 Å². The molecule has 1 aliphatic heterocycles. The molecule has 1 rings (SSSR count). The van der Waals surface area contributed by atoms with E-state index in [2.05, 4.69) is 39.5 Å². The van der Waals surface area contributed by atoms with Crippen LogP contribution in [0.15, 0.2) is 0 Å². The van der Waals surface area contributed by atoms with E-state index < -0.39 is 0 Å². The molecule has 0 aliphatic carbocycles. The van der Waals surface area contributed by atoms with Gasteiger partial charge in [0.05, 0.1) is 0 Å². The first-order valence-corrected chi connectivity index (χ1v) is 5.80. The molecule has 0 aromatic carbocycles. The number of piperidine rings is 1. The van der Waals surface area contributed by atoms with Gasteiger partial charge in [-0.2, -0.15) is 0 Å². The second-order valence-corrected chi connectivity index (χ2v) is 5.07. The van der Waals surface area contributed by atoms with E-state index in [-0.39, 0.29) is 0 Å². The van der Waals surface area contributed by atoms with Crippen molar-refractivity contribution in [3.05, 3.63) is 0 Å². The fourth-order valence-electron chi connectivity index (χ4n) is 2.87. The van der Waals surface area contributed by atoms with Gasteiger partial charge in [-0.15, -0.1) is 0 Å². The van der Waals surface area contributed by atoms with Crippen molar-refractivity contribution >= 4 is 0 Å². The van der Waals surface area contributed by atoms with Crippen molar-refractivity contribution in [3.63, 3.8) is 0 Å². The number of likely N-dealkylation sites (tertiary alicyclic amines) is 1. The first kappa shape index (κ1) is 11.0. The van der Waals surface area contributed by atoms with Crippen LogP contribution in [-0.2, 0) is 0 Å². The maximum absolute atomic E-state index is 2.63. The monoisotopic (exact) mass is 183 g/mol. The normalized spacial score (nSPS) is 32.8. The van der Waals surface area contributed by atoms with Gasteiger partial charge in [-0.3, -0.25) is 0 Å².